The Labute approximate surface area is 129 Å². The van der Waals surface area contributed by atoms with Crippen LogP contribution in [0.15, 0.2) is 16.9 Å². The third-order valence-corrected chi connectivity index (χ3v) is 3.63. The lowest BCUT2D eigenvalue weighted by molar-refractivity contribution is -0.129. The van der Waals surface area contributed by atoms with E-state index in [2.05, 4.69) is 9.97 Å². The van der Waals surface area contributed by atoms with Crippen LogP contribution in [0.3, 0.4) is 0 Å². The molecule has 0 amide bonds. The molecule has 6 heteroatoms. The number of rotatable bonds is 5. The Balaban J connectivity index is 2.84. The van der Waals surface area contributed by atoms with Crippen LogP contribution in [0.2, 0.25) is 0 Å². The molecule has 1 aromatic carbocycles. The molecule has 0 spiro atoms. The number of hydrogen-bond acceptors (Lipinski definition) is 5. The van der Waals surface area contributed by atoms with Gasteiger partial charge in [0.1, 0.15) is 11.4 Å². The maximum atomic E-state index is 12.1. The van der Waals surface area contributed by atoms with Gasteiger partial charge in [0, 0.05) is 32.0 Å². The SMILES string of the molecule is CCOC(C)(C=O)c1cc2nc(C)[nH]c(=O)c2cc1N(C)C. The van der Waals surface area contributed by atoms with E-state index < -0.39 is 5.60 Å². The average molecular weight is 303 g/mol. The van der Waals surface area contributed by atoms with Gasteiger partial charge in [0.2, 0.25) is 0 Å². The zero-order valence-electron chi connectivity index (χ0n) is 13.6. The number of carbonyl (C=O) groups excluding carboxylic acids is 1. The summed E-state index contributed by atoms with van der Waals surface area (Å²) in [6.45, 7) is 5.69. The van der Waals surface area contributed by atoms with Crippen molar-refractivity contribution in [3.8, 4) is 0 Å². The summed E-state index contributed by atoms with van der Waals surface area (Å²) in [6, 6.07) is 3.51. The Bertz CT molecular complexity index is 767. The Morgan fingerprint density at radius 2 is 2.09 bits per heavy atom. The molecule has 1 atom stereocenters. The summed E-state index contributed by atoms with van der Waals surface area (Å²) in [5.74, 6) is 0.533. The van der Waals surface area contributed by atoms with Gasteiger partial charge < -0.3 is 14.6 Å². The van der Waals surface area contributed by atoms with Crippen LogP contribution in [-0.2, 0) is 15.1 Å². The van der Waals surface area contributed by atoms with Crippen LogP contribution >= 0.6 is 0 Å². The van der Waals surface area contributed by atoms with E-state index >= 15 is 0 Å². The molecule has 1 unspecified atom stereocenters. The zero-order chi connectivity index (χ0) is 16.5. The summed E-state index contributed by atoms with van der Waals surface area (Å²) in [7, 11) is 3.72. The monoisotopic (exact) mass is 303 g/mol. The highest BCUT2D eigenvalue weighted by Crippen LogP contribution is 2.33. The molecule has 0 radical (unpaired) electrons. The van der Waals surface area contributed by atoms with Gasteiger partial charge in [0.05, 0.1) is 10.9 Å². The summed E-state index contributed by atoms with van der Waals surface area (Å²) in [5.41, 5.74) is 0.725. The fraction of sp³-hybridized carbons (Fsp3) is 0.438. The number of H-pyrrole nitrogens is 1. The molecule has 0 aliphatic carbocycles. The molecule has 118 valence electrons. The topological polar surface area (TPSA) is 75.3 Å². The summed E-state index contributed by atoms with van der Waals surface area (Å²) < 4.78 is 5.66. The third-order valence-electron chi connectivity index (χ3n) is 3.63. The molecule has 0 saturated carbocycles. The van der Waals surface area contributed by atoms with Gasteiger partial charge in [-0.3, -0.25) is 9.59 Å². The van der Waals surface area contributed by atoms with Crippen molar-refractivity contribution in [2.24, 2.45) is 0 Å². The maximum absolute atomic E-state index is 12.1. The van der Waals surface area contributed by atoms with Crippen LogP contribution in [0, 0.1) is 6.92 Å². The number of ether oxygens (including phenoxy) is 1. The fourth-order valence-electron chi connectivity index (χ4n) is 2.53. The van der Waals surface area contributed by atoms with Crippen LogP contribution < -0.4 is 10.5 Å². The van der Waals surface area contributed by atoms with Gasteiger partial charge in [0.15, 0.2) is 6.29 Å². The second kappa shape index (κ2) is 5.88. The van der Waals surface area contributed by atoms with E-state index in [4.69, 9.17) is 4.74 Å². The van der Waals surface area contributed by atoms with Crippen molar-refractivity contribution in [1.82, 2.24) is 9.97 Å². The van der Waals surface area contributed by atoms with E-state index in [1.54, 1.807) is 26.0 Å². The smallest absolute Gasteiger partial charge is 0.258 e. The molecule has 0 aliphatic rings. The van der Waals surface area contributed by atoms with E-state index in [9.17, 15) is 9.59 Å². The predicted octanol–water partition coefficient (Wildman–Crippen LogP) is 1.75. The number of aromatic nitrogens is 2. The molecule has 6 nitrogen and oxygen atoms in total. The Morgan fingerprint density at radius 3 is 2.64 bits per heavy atom. The van der Waals surface area contributed by atoms with E-state index in [-0.39, 0.29) is 5.56 Å². The molecule has 0 saturated heterocycles. The summed E-state index contributed by atoms with van der Waals surface area (Å²) >= 11 is 0. The molecule has 0 fully saturated rings. The van der Waals surface area contributed by atoms with Gasteiger partial charge in [0.25, 0.3) is 5.56 Å². The predicted molar refractivity (Wildman–Crippen MR) is 86.5 cm³/mol. The highest BCUT2D eigenvalue weighted by molar-refractivity contribution is 5.86. The largest absolute Gasteiger partial charge is 0.377 e. The van der Waals surface area contributed by atoms with Crippen molar-refractivity contribution in [1.29, 1.82) is 0 Å². The van der Waals surface area contributed by atoms with E-state index in [0.29, 0.717) is 28.9 Å². The average Bonchev–Trinajstić information content (AvgIpc) is 2.45. The van der Waals surface area contributed by atoms with Crippen LogP contribution in [-0.4, -0.2) is 37.0 Å². The first kappa shape index (κ1) is 16.2. The zero-order valence-corrected chi connectivity index (χ0v) is 13.6. The number of benzene rings is 1. The molecule has 2 rings (SSSR count). The molecule has 0 aliphatic heterocycles. The number of nitrogens with one attached hydrogen (secondary N) is 1. The van der Waals surface area contributed by atoms with E-state index in [1.807, 2.05) is 25.9 Å². The van der Waals surface area contributed by atoms with Gasteiger partial charge in [-0.15, -0.1) is 0 Å². The van der Waals surface area contributed by atoms with Crippen molar-refractivity contribution in [3.63, 3.8) is 0 Å². The summed E-state index contributed by atoms with van der Waals surface area (Å²) in [4.78, 5) is 32.7. The van der Waals surface area contributed by atoms with Crippen LogP contribution in [0.4, 0.5) is 5.69 Å². The van der Waals surface area contributed by atoms with Gasteiger partial charge in [-0.1, -0.05) is 0 Å². The first-order valence-electron chi connectivity index (χ1n) is 7.15. The van der Waals surface area contributed by atoms with Gasteiger partial charge in [-0.2, -0.15) is 0 Å². The lowest BCUT2D eigenvalue weighted by Gasteiger charge is -2.29. The van der Waals surface area contributed by atoms with Gasteiger partial charge in [-0.05, 0) is 32.9 Å². The van der Waals surface area contributed by atoms with Crippen LogP contribution in [0.5, 0.6) is 0 Å². The molecular weight excluding hydrogens is 282 g/mol. The molecule has 1 aromatic heterocycles. The number of aromatic amines is 1. The number of fused-ring (bicyclic) bond motifs is 1. The first-order chi connectivity index (χ1) is 10.3. The second-order valence-corrected chi connectivity index (χ2v) is 5.59. The quantitative estimate of drug-likeness (QED) is 0.852. The molecule has 1 heterocycles. The Morgan fingerprint density at radius 1 is 1.41 bits per heavy atom. The van der Waals surface area contributed by atoms with E-state index in [0.717, 1.165) is 12.0 Å². The molecule has 0 bridgehead atoms. The third kappa shape index (κ3) is 2.74. The number of aldehydes is 1. The lowest BCUT2D eigenvalue weighted by atomic mass is 9.93. The number of aryl methyl sites for hydroxylation is 1. The highest BCUT2D eigenvalue weighted by atomic mass is 16.5. The molecule has 22 heavy (non-hydrogen) atoms. The molecular formula is C16H21N3O3. The van der Waals surface area contributed by atoms with Crippen LogP contribution in [0.1, 0.15) is 25.2 Å². The minimum absolute atomic E-state index is 0.193. The van der Waals surface area contributed by atoms with Crippen molar-refractivity contribution in [3.05, 3.63) is 33.9 Å². The number of anilines is 1. The normalized spacial score (nSPS) is 13.9. The first-order valence-corrected chi connectivity index (χ1v) is 7.15. The van der Waals surface area contributed by atoms with Crippen molar-refractivity contribution in [2.75, 3.05) is 25.6 Å². The number of nitrogens with zero attached hydrogens (tertiary/aromatic N) is 2. The maximum Gasteiger partial charge on any atom is 0.258 e. The fourth-order valence-corrected chi connectivity index (χ4v) is 2.53. The van der Waals surface area contributed by atoms with E-state index in [1.165, 1.54) is 0 Å². The van der Waals surface area contributed by atoms with Gasteiger partial charge in [-0.25, -0.2) is 4.98 Å². The number of hydrogen-bond donors (Lipinski definition) is 1. The van der Waals surface area contributed by atoms with Crippen molar-refractivity contribution >= 4 is 22.9 Å². The Kier molecular flexibility index (Phi) is 4.32. The standard InChI is InChI=1S/C16H21N3O3/c1-6-22-16(3,9-20)12-8-13-11(7-14(12)19(4)5)15(21)18-10(2)17-13/h7-9H,6H2,1-5H3,(H,17,18,21). The van der Waals surface area contributed by atoms with Crippen LogP contribution in [0.25, 0.3) is 10.9 Å². The lowest BCUT2D eigenvalue weighted by Crippen LogP contribution is -2.30. The summed E-state index contributed by atoms with van der Waals surface area (Å²) in [5, 5.41) is 0.489. The molecule has 2 aromatic rings. The Hall–Kier alpha value is -2.21. The molecule has 1 N–H and O–H groups in total. The summed E-state index contributed by atoms with van der Waals surface area (Å²) in [6.07, 6.45) is 0.782. The second-order valence-electron chi connectivity index (χ2n) is 5.59. The number of carbonyl (C=O) groups is 1. The minimum Gasteiger partial charge on any atom is -0.377 e. The van der Waals surface area contributed by atoms with Gasteiger partial charge >= 0.3 is 0 Å². The highest BCUT2D eigenvalue weighted by Gasteiger charge is 2.31. The minimum atomic E-state index is -1.08. The van der Waals surface area contributed by atoms with Crippen molar-refractivity contribution in [2.45, 2.75) is 26.4 Å². The van der Waals surface area contributed by atoms with Crippen molar-refractivity contribution < 1.29 is 9.53 Å².